The lowest BCUT2D eigenvalue weighted by atomic mass is 10.0. The minimum absolute atomic E-state index is 0.0140. The highest BCUT2D eigenvalue weighted by molar-refractivity contribution is 5.90. The summed E-state index contributed by atoms with van der Waals surface area (Å²) >= 11 is 0. The lowest BCUT2D eigenvalue weighted by Gasteiger charge is -2.37. The van der Waals surface area contributed by atoms with Gasteiger partial charge in [0.15, 0.2) is 0 Å². The monoisotopic (exact) mass is 410 g/mol. The molecule has 0 radical (unpaired) electrons. The smallest absolute Gasteiger partial charge is 0.237 e. The van der Waals surface area contributed by atoms with Crippen LogP contribution in [0.15, 0.2) is 54.6 Å². The van der Waals surface area contributed by atoms with Crippen LogP contribution in [0.5, 0.6) is 0 Å². The standard InChI is InChI=1S/C23H27FN4O2/c24-17-8-6-16(7-9-17)13-25-19-12-21-23(30)26-14-20(28(21)15-19)10-11-22(29)27-18-4-2-1-3-5-18/h1-9,19-21,25H,10-15H2,(H,26,30)(H,27,29)/t19-,20-,21+/m0/s1. The molecule has 2 aromatic carbocycles. The average molecular weight is 410 g/mol. The third-order valence-electron chi connectivity index (χ3n) is 5.89. The van der Waals surface area contributed by atoms with Crippen molar-refractivity contribution in [2.75, 3.05) is 18.4 Å². The quantitative estimate of drug-likeness (QED) is 0.655. The molecule has 2 amide bonds. The van der Waals surface area contributed by atoms with Crippen LogP contribution in [0.25, 0.3) is 0 Å². The second-order valence-electron chi connectivity index (χ2n) is 8.00. The number of hydrogen-bond acceptors (Lipinski definition) is 4. The highest BCUT2D eigenvalue weighted by Crippen LogP contribution is 2.26. The fourth-order valence-corrected chi connectivity index (χ4v) is 4.30. The van der Waals surface area contributed by atoms with Crippen LogP contribution in [-0.4, -0.2) is 47.9 Å². The summed E-state index contributed by atoms with van der Waals surface area (Å²) in [5.41, 5.74) is 1.81. The zero-order chi connectivity index (χ0) is 20.9. The molecule has 2 aliphatic heterocycles. The van der Waals surface area contributed by atoms with Crippen LogP contribution in [0, 0.1) is 5.82 Å². The molecule has 0 aromatic heterocycles. The Kier molecular flexibility index (Phi) is 6.40. The van der Waals surface area contributed by atoms with Crippen molar-refractivity contribution in [2.45, 2.75) is 43.9 Å². The van der Waals surface area contributed by atoms with E-state index in [1.807, 2.05) is 30.3 Å². The third-order valence-corrected chi connectivity index (χ3v) is 5.89. The van der Waals surface area contributed by atoms with Gasteiger partial charge in [-0.3, -0.25) is 14.5 Å². The molecule has 158 valence electrons. The molecule has 0 spiro atoms. The Morgan fingerprint density at radius 1 is 1.13 bits per heavy atom. The molecular formula is C23H27FN4O2. The van der Waals surface area contributed by atoms with Crippen molar-refractivity contribution in [2.24, 2.45) is 0 Å². The number of fused-ring (bicyclic) bond motifs is 1. The van der Waals surface area contributed by atoms with E-state index in [2.05, 4.69) is 20.9 Å². The van der Waals surface area contributed by atoms with Gasteiger partial charge in [0.2, 0.25) is 11.8 Å². The van der Waals surface area contributed by atoms with Crippen molar-refractivity contribution in [3.8, 4) is 0 Å². The van der Waals surface area contributed by atoms with Crippen molar-refractivity contribution in [3.63, 3.8) is 0 Å². The van der Waals surface area contributed by atoms with Gasteiger partial charge in [-0.25, -0.2) is 4.39 Å². The van der Waals surface area contributed by atoms with E-state index in [9.17, 15) is 14.0 Å². The zero-order valence-electron chi connectivity index (χ0n) is 16.8. The van der Waals surface area contributed by atoms with Crippen LogP contribution in [0.2, 0.25) is 0 Å². The normalized spacial score (nSPS) is 23.6. The van der Waals surface area contributed by atoms with E-state index in [0.717, 1.165) is 24.2 Å². The molecular weight excluding hydrogens is 383 g/mol. The van der Waals surface area contributed by atoms with Crippen LogP contribution in [0.4, 0.5) is 10.1 Å². The summed E-state index contributed by atoms with van der Waals surface area (Å²) in [6.07, 6.45) is 1.84. The topological polar surface area (TPSA) is 73.5 Å². The predicted octanol–water partition coefficient (Wildman–Crippen LogP) is 2.28. The van der Waals surface area contributed by atoms with Crippen LogP contribution in [-0.2, 0) is 16.1 Å². The second-order valence-corrected chi connectivity index (χ2v) is 8.00. The van der Waals surface area contributed by atoms with Gasteiger partial charge >= 0.3 is 0 Å². The molecule has 0 aliphatic carbocycles. The molecule has 2 saturated heterocycles. The lowest BCUT2D eigenvalue weighted by molar-refractivity contribution is -0.129. The molecule has 4 rings (SSSR count). The summed E-state index contributed by atoms with van der Waals surface area (Å²) in [6, 6.07) is 16.0. The fraction of sp³-hybridized carbons (Fsp3) is 0.391. The minimum Gasteiger partial charge on any atom is -0.353 e. The molecule has 7 heteroatoms. The van der Waals surface area contributed by atoms with Crippen molar-refractivity contribution >= 4 is 17.5 Å². The lowest BCUT2D eigenvalue weighted by Crippen LogP contribution is -2.57. The number of hydrogen-bond donors (Lipinski definition) is 3. The van der Waals surface area contributed by atoms with E-state index in [0.29, 0.717) is 25.9 Å². The molecule has 0 bridgehead atoms. The number of halogens is 1. The van der Waals surface area contributed by atoms with E-state index >= 15 is 0 Å². The zero-order valence-corrected chi connectivity index (χ0v) is 16.8. The molecule has 2 aromatic rings. The van der Waals surface area contributed by atoms with Crippen molar-refractivity contribution in [1.29, 1.82) is 0 Å². The number of rotatable bonds is 7. The van der Waals surface area contributed by atoms with Gasteiger partial charge < -0.3 is 16.0 Å². The van der Waals surface area contributed by atoms with Gasteiger partial charge in [0.05, 0.1) is 6.04 Å². The van der Waals surface area contributed by atoms with Gasteiger partial charge in [-0.1, -0.05) is 30.3 Å². The summed E-state index contributed by atoms with van der Waals surface area (Å²) in [7, 11) is 0. The predicted molar refractivity (Wildman–Crippen MR) is 113 cm³/mol. The van der Waals surface area contributed by atoms with Crippen LogP contribution >= 0.6 is 0 Å². The van der Waals surface area contributed by atoms with Gasteiger partial charge in [0.1, 0.15) is 5.82 Å². The molecule has 6 nitrogen and oxygen atoms in total. The van der Waals surface area contributed by atoms with Gasteiger partial charge in [-0.15, -0.1) is 0 Å². The Hall–Kier alpha value is -2.77. The summed E-state index contributed by atoms with van der Waals surface area (Å²) < 4.78 is 13.1. The highest BCUT2D eigenvalue weighted by Gasteiger charge is 2.43. The number of amides is 2. The summed E-state index contributed by atoms with van der Waals surface area (Å²) in [6.45, 7) is 1.97. The van der Waals surface area contributed by atoms with Crippen molar-refractivity contribution in [1.82, 2.24) is 15.5 Å². The van der Waals surface area contributed by atoms with Crippen LogP contribution in [0.1, 0.15) is 24.8 Å². The first kappa shape index (κ1) is 20.5. The van der Waals surface area contributed by atoms with E-state index in [1.54, 1.807) is 12.1 Å². The average Bonchev–Trinajstić information content (AvgIpc) is 3.19. The number of carbonyl (C=O) groups excluding carboxylic acids is 2. The maximum atomic E-state index is 13.1. The highest BCUT2D eigenvalue weighted by atomic mass is 19.1. The number of para-hydroxylation sites is 1. The number of piperazine rings is 1. The Morgan fingerprint density at radius 3 is 2.67 bits per heavy atom. The first-order valence-electron chi connectivity index (χ1n) is 10.4. The Labute approximate surface area is 175 Å². The van der Waals surface area contributed by atoms with Gasteiger partial charge in [-0.05, 0) is 42.7 Å². The molecule has 2 heterocycles. The Morgan fingerprint density at radius 2 is 1.90 bits per heavy atom. The van der Waals surface area contributed by atoms with E-state index in [-0.39, 0.29) is 35.8 Å². The molecule has 0 unspecified atom stereocenters. The molecule has 2 aliphatic rings. The molecule has 3 N–H and O–H groups in total. The minimum atomic E-state index is -0.243. The number of nitrogens with one attached hydrogen (secondary N) is 3. The number of nitrogens with zero attached hydrogens (tertiary/aromatic N) is 1. The van der Waals surface area contributed by atoms with E-state index < -0.39 is 0 Å². The molecule has 3 atom stereocenters. The number of benzene rings is 2. The van der Waals surface area contributed by atoms with Crippen molar-refractivity contribution in [3.05, 3.63) is 66.0 Å². The molecule has 30 heavy (non-hydrogen) atoms. The largest absolute Gasteiger partial charge is 0.353 e. The number of carbonyl (C=O) groups is 2. The van der Waals surface area contributed by atoms with E-state index in [4.69, 9.17) is 0 Å². The summed E-state index contributed by atoms with van der Waals surface area (Å²) in [5, 5.41) is 9.40. The van der Waals surface area contributed by atoms with E-state index in [1.165, 1.54) is 12.1 Å². The maximum Gasteiger partial charge on any atom is 0.237 e. The molecule has 2 fully saturated rings. The Bertz CT molecular complexity index is 875. The van der Waals surface area contributed by atoms with Gasteiger partial charge in [-0.2, -0.15) is 0 Å². The second kappa shape index (κ2) is 9.36. The van der Waals surface area contributed by atoms with Crippen LogP contribution < -0.4 is 16.0 Å². The summed E-state index contributed by atoms with van der Waals surface area (Å²) in [5.74, 6) is -0.196. The van der Waals surface area contributed by atoms with Gasteiger partial charge in [0.25, 0.3) is 0 Å². The Balaban J connectivity index is 1.29. The fourth-order valence-electron chi connectivity index (χ4n) is 4.30. The SMILES string of the molecule is O=C(CC[C@H]1CNC(=O)[C@H]2C[C@H](NCc3ccc(F)cc3)CN12)Nc1ccccc1. The third kappa shape index (κ3) is 5.04. The van der Waals surface area contributed by atoms with Crippen LogP contribution in [0.3, 0.4) is 0 Å². The summed E-state index contributed by atoms with van der Waals surface area (Å²) in [4.78, 5) is 26.9. The first-order valence-corrected chi connectivity index (χ1v) is 10.4. The van der Waals surface area contributed by atoms with Gasteiger partial charge in [0, 0.05) is 43.8 Å². The first-order chi connectivity index (χ1) is 14.6. The maximum absolute atomic E-state index is 13.1. The van der Waals surface area contributed by atoms with Crippen molar-refractivity contribution < 1.29 is 14.0 Å². The number of anilines is 1. The molecule has 0 saturated carbocycles.